The summed E-state index contributed by atoms with van der Waals surface area (Å²) in [6.07, 6.45) is 1.75. The molecule has 4 aromatic carbocycles. The first kappa shape index (κ1) is 28.4. The quantitative estimate of drug-likeness (QED) is 0.134. The average Bonchev–Trinajstić information content (AvgIpc) is 3.50. The Morgan fingerprint density at radius 1 is 0.767 bits per heavy atom. The molecule has 0 spiro atoms. The van der Waals surface area contributed by atoms with E-state index in [4.69, 9.17) is 14.6 Å². The Hall–Kier alpha value is -4.70. The van der Waals surface area contributed by atoms with Gasteiger partial charge in [0.15, 0.2) is 0 Å². The SMILES string of the molecule is COc1ccnc(-n2c3[c-]c(Oc4[c-]c(-n5nc(C)c(-c6ccccc6)c5C)cc(C)c4)ccc3c3ccccc32)c1.[Pd+2]. The average molecular weight is 655 g/mol. The van der Waals surface area contributed by atoms with E-state index in [1.165, 1.54) is 0 Å². The number of aryl methyl sites for hydroxylation is 2. The maximum absolute atomic E-state index is 6.41. The van der Waals surface area contributed by atoms with Gasteiger partial charge in [-0.3, -0.25) is 4.68 Å². The normalized spacial score (nSPS) is 11.1. The molecule has 7 heteroatoms. The number of fused-ring (bicyclic) bond motifs is 3. The minimum atomic E-state index is 0. The number of hydrogen-bond acceptors (Lipinski definition) is 4. The van der Waals surface area contributed by atoms with Crippen LogP contribution in [0.2, 0.25) is 0 Å². The predicted molar refractivity (Wildman–Crippen MR) is 166 cm³/mol. The van der Waals surface area contributed by atoms with E-state index < -0.39 is 0 Å². The summed E-state index contributed by atoms with van der Waals surface area (Å²) in [6.45, 7) is 6.18. The van der Waals surface area contributed by atoms with Crippen LogP contribution < -0.4 is 9.47 Å². The minimum absolute atomic E-state index is 0. The summed E-state index contributed by atoms with van der Waals surface area (Å²) < 4.78 is 15.9. The van der Waals surface area contributed by atoms with Crippen molar-refractivity contribution in [2.24, 2.45) is 0 Å². The second-order valence-corrected chi connectivity index (χ2v) is 10.3. The van der Waals surface area contributed by atoms with Crippen molar-refractivity contribution in [2.45, 2.75) is 20.8 Å². The monoisotopic (exact) mass is 654 g/mol. The maximum atomic E-state index is 6.41. The molecule has 0 radical (unpaired) electrons. The van der Waals surface area contributed by atoms with Gasteiger partial charge in [-0.15, -0.1) is 35.7 Å². The summed E-state index contributed by atoms with van der Waals surface area (Å²) in [6, 6.07) is 37.4. The molecule has 0 amide bonds. The van der Waals surface area contributed by atoms with E-state index in [0.717, 1.165) is 67.1 Å². The van der Waals surface area contributed by atoms with Crippen LogP contribution in [0.3, 0.4) is 0 Å². The molecule has 3 heterocycles. The van der Waals surface area contributed by atoms with Gasteiger partial charge in [-0.2, -0.15) is 16.7 Å². The third-order valence-corrected chi connectivity index (χ3v) is 7.51. The van der Waals surface area contributed by atoms with Gasteiger partial charge >= 0.3 is 20.4 Å². The zero-order valence-electron chi connectivity index (χ0n) is 24.2. The van der Waals surface area contributed by atoms with Crippen molar-refractivity contribution in [1.29, 1.82) is 0 Å². The third-order valence-electron chi connectivity index (χ3n) is 7.51. The number of hydrogen-bond donors (Lipinski definition) is 0. The van der Waals surface area contributed by atoms with E-state index in [2.05, 4.69) is 65.0 Å². The smallest absolute Gasteiger partial charge is 0.509 e. The first-order valence-electron chi connectivity index (χ1n) is 13.8. The summed E-state index contributed by atoms with van der Waals surface area (Å²) in [5, 5.41) is 7.05. The van der Waals surface area contributed by atoms with Crippen LogP contribution in [0.5, 0.6) is 17.2 Å². The predicted octanol–water partition coefficient (Wildman–Crippen LogP) is 8.36. The fourth-order valence-corrected chi connectivity index (χ4v) is 5.67. The van der Waals surface area contributed by atoms with Crippen molar-refractivity contribution in [3.05, 3.63) is 126 Å². The molecule has 0 aliphatic heterocycles. The Balaban J connectivity index is 0.00000329. The van der Waals surface area contributed by atoms with E-state index in [0.29, 0.717) is 11.5 Å². The van der Waals surface area contributed by atoms with Crippen molar-refractivity contribution < 1.29 is 29.9 Å². The van der Waals surface area contributed by atoms with Crippen LogP contribution in [0, 0.1) is 32.9 Å². The molecule has 0 unspecified atom stereocenters. The maximum Gasteiger partial charge on any atom is 2.00 e. The Bertz CT molecular complexity index is 2100. The van der Waals surface area contributed by atoms with Gasteiger partial charge in [0, 0.05) is 40.5 Å². The Morgan fingerprint density at radius 2 is 1.56 bits per heavy atom. The van der Waals surface area contributed by atoms with Crippen LogP contribution in [0.25, 0.3) is 44.4 Å². The van der Waals surface area contributed by atoms with Crippen LogP contribution in [0.1, 0.15) is 17.0 Å². The van der Waals surface area contributed by atoms with Crippen molar-refractivity contribution in [2.75, 3.05) is 7.11 Å². The second kappa shape index (κ2) is 11.5. The van der Waals surface area contributed by atoms with Gasteiger partial charge in [0.1, 0.15) is 11.6 Å². The van der Waals surface area contributed by atoms with Crippen molar-refractivity contribution in [1.82, 2.24) is 19.3 Å². The van der Waals surface area contributed by atoms with Crippen molar-refractivity contribution in [3.63, 3.8) is 0 Å². The molecule has 6 nitrogen and oxygen atoms in total. The first-order chi connectivity index (χ1) is 20.5. The second-order valence-electron chi connectivity index (χ2n) is 10.3. The van der Waals surface area contributed by atoms with Crippen LogP contribution >= 0.6 is 0 Å². The summed E-state index contributed by atoms with van der Waals surface area (Å²) in [5.74, 6) is 2.66. The van der Waals surface area contributed by atoms with E-state index in [9.17, 15) is 0 Å². The molecule has 43 heavy (non-hydrogen) atoms. The third kappa shape index (κ3) is 5.12. The Labute approximate surface area is 264 Å². The van der Waals surface area contributed by atoms with E-state index >= 15 is 0 Å². The molecule has 214 valence electrons. The number of methoxy groups -OCH3 is 1. The van der Waals surface area contributed by atoms with Gasteiger partial charge < -0.3 is 14.0 Å². The topological polar surface area (TPSA) is 54.1 Å². The molecule has 0 N–H and O–H groups in total. The number of rotatable bonds is 6. The van der Waals surface area contributed by atoms with Crippen molar-refractivity contribution in [3.8, 4) is 39.9 Å². The zero-order valence-corrected chi connectivity index (χ0v) is 25.7. The zero-order chi connectivity index (χ0) is 28.8. The molecule has 0 aliphatic rings. The van der Waals surface area contributed by atoms with Crippen LogP contribution in [-0.4, -0.2) is 26.4 Å². The standard InChI is InChI=1S/C36H28N4O2.Pd/c1-23-18-27(40-25(3)36(24(2)38-40)26-10-6-5-7-11-26)20-30(19-23)42-29-14-15-32-31-12-8-9-13-33(31)39(34(32)21-29)35-22-28(41-4)16-17-37-35;/h5-19,22H,1-4H3;/q-2;+2. The van der Waals surface area contributed by atoms with Gasteiger partial charge in [-0.25, -0.2) is 4.98 Å². The number of para-hydroxylation sites is 1. The van der Waals surface area contributed by atoms with Crippen LogP contribution in [0.15, 0.2) is 97.2 Å². The fourth-order valence-electron chi connectivity index (χ4n) is 5.67. The van der Waals surface area contributed by atoms with Gasteiger partial charge in [-0.05, 0) is 42.6 Å². The first-order valence-corrected chi connectivity index (χ1v) is 13.8. The summed E-state index contributed by atoms with van der Waals surface area (Å²) in [5.41, 5.74) is 8.06. The largest absolute Gasteiger partial charge is 2.00 e. The van der Waals surface area contributed by atoms with Crippen molar-refractivity contribution >= 4 is 21.8 Å². The summed E-state index contributed by atoms with van der Waals surface area (Å²) in [4.78, 5) is 4.65. The molecule has 7 rings (SSSR count). The molecular formula is C36H28N4O2Pd. The van der Waals surface area contributed by atoms with Gasteiger partial charge in [0.05, 0.1) is 12.8 Å². The molecule has 0 saturated carbocycles. The fraction of sp³-hybridized carbons (Fsp3) is 0.111. The Morgan fingerprint density at radius 3 is 2.37 bits per heavy atom. The molecule has 0 aliphatic carbocycles. The molecule has 0 bridgehead atoms. The molecule has 0 saturated heterocycles. The minimum Gasteiger partial charge on any atom is -0.509 e. The Kier molecular flexibility index (Phi) is 7.62. The molecule has 3 aromatic heterocycles. The number of nitrogens with zero attached hydrogens (tertiary/aromatic N) is 4. The summed E-state index contributed by atoms with van der Waals surface area (Å²) >= 11 is 0. The van der Waals surface area contributed by atoms with Gasteiger partial charge in [-0.1, -0.05) is 61.0 Å². The van der Waals surface area contributed by atoms with Crippen LogP contribution in [-0.2, 0) is 20.4 Å². The van der Waals surface area contributed by atoms with Gasteiger partial charge in [0.25, 0.3) is 0 Å². The molecule has 7 aromatic rings. The molecule has 0 atom stereocenters. The van der Waals surface area contributed by atoms with E-state index in [1.54, 1.807) is 13.3 Å². The molecular weight excluding hydrogens is 627 g/mol. The van der Waals surface area contributed by atoms with E-state index in [1.807, 2.05) is 73.1 Å². The number of pyridine rings is 1. The number of aromatic nitrogens is 4. The van der Waals surface area contributed by atoms with E-state index in [-0.39, 0.29) is 20.4 Å². The number of ether oxygens (including phenoxy) is 2. The van der Waals surface area contributed by atoms with Crippen LogP contribution in [0.4, 0.5) is 0 Å². The summed E-state index contributed by atoms with van der Waals surface area (Å²) in [7, 11) is 1.66. The number of benzene rings is 4. The molecule has 0 fully saturated rings. The van der Waals surface area contributed by atoms with Gasteiger partial charge in [0.2, 0.25) is 0 Å².